The standard InChI is InChI=1S/C12H12ClFN2O/c1-16-7-8(6-15-16)12(17)5-9-10(13)3-2-4-11(9)14/h2-4,6-7,12,17H,5H2,1H3. The molecular formula is C12H12ClFN2O. The van der Waals surface area contributed by atoms with Gasteiger partial charge in [-0.05, 0) is 12.1 Å². The molecule has 90 valence electrons. The number of hydrogen-bond acceptors (Lipinski definition) is 2. The van der Waals surface area contributed by atoms with Crippen molar-refractivity contribution in [3.63, 3.8) is 0 Å². The molecule has 17 heavy (non-hydrogen) atoms. The smallest absolute Gasteiger partial charge is 0.127 e. The molecule has 1 heterocycles. The van der Waals surface area contributed by atoms with Gasteiger partial charge < -0.3 is 5.11 Å². The molecule has 0 aliphatic heterocycles. The monoisotopic (exact) mass is 254 g/mol. The number of aliphatic hydroxyl groups is 1. The second kappa shape index (κ2) is 4.85. The number of hydrogen-bond donors (Lipinski definition) is 1. The van der Waals surface area contributed by atoms with Gasteiger partial charge in [-0.3, -0.25) is 4.68 Å². The number of aryl methyl sites for hydroxylation is 1. The third-order valence-electron chi connectivity index (χ3n) is 2.57. The summed E-state index contributed by atoms with van der Waals surface area (Å²) in [6.07, 6.45) is 2.58. The van der Waals surface area contributed by atoms with Gasteiger partial charge in [-0.25, -0.2) is 4.39 Å². The lowest BCUT2D eigenvalue weighted by atomic mass is 10.0. The van der Waals surface area contributed by atoms with Gasteiger partial charge in [0.15, 0.2) is 0 Å². The molecule has 5 heteroatoms. The van der Waals surface area contributed by atoms with E-state index < -0.39 is 11.9 Å². The van der Waals surface area contributed by atoms with Crippen LogP contribution in [0, 0.1) is 5.82 Å². The van der Waals surface area contributed by atoms with Crippen molar-refractivity contribution in [3.05, 3.63) is 52.6 Å². The predicted molar refractivity (Wildman–Crippen MR) is 63.3 cm³/mol. The van der Waals surface area contributed by atoms with Gasteiger partial charge >= 0.3 is 0 Å². The highest BCUT2D eigenvalue weighted by molar-refractivity contribution is 6.31. The second-order valence-electron chi connectivity index (χ2n) is 3.87. The largest absolute Gasteiger partial charge is 0.388 e. The molecular weight excluding hydrogens is 243 g/mol. The van der Waals surface area contributed by atoms with Gasteiger partial charge in [0.05, 0.1) is 12.3 Å². The van der Waals surface area contributed by atoms with Crippen molar-refractivity contribution in [1.29, 1.82) is 0 Å². The first-order valence-corrected chi connectivity index (χ1v) is 5.55. The maximum atomic E-state index is 13.5. The van der Waals surface area contributed by atoms with Crippen LogP contribution in [0.5, 0.6) is 0 Å². The van der Waals surface area contributed by atoms with Crippen molar-refractivity contribution in [3.8, 4) is 0 Å². The lowest BCUT2D eigenvalue weighted by Gasteiger charge is -2.10. The van der Waals surface area contributed by atoms with Gasteiger partial charge in [-0.1, -0.05) is 17.7 Å². The second-order valence-corrected chi connectivity index (χ2v) is 4.27. The van der Waals surface area contributed by atoms with Gasteiger partial charge in [-0.15, -0.1) is 0 Å². The molecule has 0 aliphatic carbocycles. The maximum Gasteiger partial charge on any atom is 0.127 e. The Balaban J connectivity index is 2.21. The van der Waals surface area contributed by atoms with E-state index in [1.165, 1.54) is 12.1 Å². The lowest BCUT2D eigenvalue weighted by Crippen LogP contribution is -2.03. The zero-order chi connectivity index (χ0) is 12.4. The van der Waals surface area contributed by atoms with Gasteiger partial charge in [0.2, 0.25) is 0 Å². The molecule has 0 saturated heterocycles. The summed E-state index contributed by atoms with van der Waals surface area (Å²) in [5, 5.41) is 14.2. The van der Waals surface area contributed by atoms with Crippen LogP contribution in [0.1, 0.15) is 17.2 Å². The van der Waals surface area contributed by atoms with Gasteiger partial charge in [0.25, 0.3) is 0 Å². The Morgan fingerprint density at radius 1 is 1.53 bits per heavy atom. The summed E-state index contributed by atoms with van der Waals surface area (Å²) in [6, 6.07) is 4.48. The van der Waals surface area contributed by atoms with Crippen molar-refractivity contribution < 1.29 is 9.50 Å². The summed E-state index contributed by atoms with van der Waals surface area (Å²) in [5.74, 6) is -0.402. The van der Waals surface area contributed by atoms with Crippen LogP contribution in [0.3, 0.4) is 0 Å². The minimum atomic E-state index is -0.807. The highest BCUT2D eigenvalue weighted by Crippen LogP contribution is 2.25. The van der Waals surface area contributed by atoms with Crippen LogP contribution < -0.4 is 0 Å². The molecule has 1 aromatic heterocycles. The quantitative estimate of drug-likeness (QED) is 0.914. The summed E-state index contributed by atoms with van der Waals surface area (Å²) in [5.41, 5.74) is 0.970. The number of aromatic nitrogens is 2. The van der Waals surface area contributed by atoms with Crippen LogP contribution in [-0.4, -0.2) is 14.9 Å². The normalized spacial score (nSPS) is 12.7. The third-order valence-corrected chi connectivity index (χ3v) is 2.92. The number of halogens is 2. The summed E-state index contributed by atoms with van der Waals surface area (Å²) < 4.78 is 15.1. The van der Waals surface area contributed by atoms with Gasteiger partial charge in [0, 0.05) is 35.8 Å². The molecule has 0 aliphatic rings. The summed E-state index contributed by atoms with van der Waals surface area (Å²) >= 11 is 5.89. The molecule has 1 aromatic carbocycles. The number of benzene rings is 1. The molecule has 2 rings (SSSR count). The van der Waals surface area contributed by atoms with E-state index in [0.717, 1.165) is 0 Å². The van der Waals surface area contributed by atoms with Crippen molar-refractivity contribution in [1.82, 2.24) is 9.78 Å². The van der Waals surface area contributed by atoms with E-state index in [-0.39, 0.29) is 6.42 Å². The molecule has 0 bridgehead atoms. The van der Waals surface area contributed by atoms with Crippen LogP contribution in [0.4, 0.5) is 4.39 Å². The fraction of sp³-hybridized carbons (Fsp3) is 0.250. The molecule has 0 fully saturated rings. The zero-order valence-corrected chi connectivity index (χ0v) is 10.0. The molecule has 0 spiro atoms. The zero-order valence-electron chi connectivity index (χ0n) is 9.27. The fourth-order valence-electron chi connectivity index (χ4n) is 1.65. The summed E-state index contributed by atoms with van der Waals surface area (Å²) in [4.78, 5) is 0. The number of nitrogens with zero attached hydrogens (tertiary/aromatic N) is 2. The Kier molecular flexibility index (Phi) is 3.45. The Morgan fingerprint density at radius 3 is 2.88 bits per heavy atom. The molecule has 2 aromatic rings. The van der Waals surface area contributed by atoms with E-state index in [1.54, 1.807) is 30.2 Å². The molecule has 1 atom stereocenters. The average molecular weight is 255 g/mol. The number of rotatable bonds is 3. The average Bonchev–Trinajstić information content (AvgIpc) is 2.70. The van der Waals surface area contributed by atoms with Crippen LogP contribution in [-0.2, 0) is 13.5 Å². The van der Waals surface area contributed by atoms with Gasteiger partial charge in [-0.2, -0.15) is 5.10 Å². The van der Waals surface area contributed by atoms with Crippen molar-refractivity contribution in [2.24, 2.45) is 7.05 Å². The summed E-state index contributed by atoms with van der Waals surface area (Å²) in [6.45, 7) is 0. The van der Waals surface area contributed by atoms with Crippen LogP contribution in [0.2, 0.25) is 5.02 Å². The molecule has 0 saturated carbocycles. The van der Waals surface area contributed by atoms with E-state index in [2.05, 4.69) is 5.10 Å². The van der Waals surface area contributed by atoms with Crippen LogP contribution in [0.15, 0.2) is 30.6 Å². The van der Waals surface area contributed by atoms with E-state index in [1.807, 2.05) is 0 Å². The van der Waals surface area contributed by atoms with E-state index in [4.69, 9.17) is 11.6 Å². The first kappa shape index (κ1) is 12.1. The third kappa shape index (κ3) is 2.65. The minimum Gasteiger partial charge on any atom is -0.388 e. The Labute approximate surface area is 103 Å². The molecule has 0 radical (unpaired) electrons. The Bertz CT molecular complexity index is 507. The van der Waals surface area contributed by atoms with Crippen molar-refractivity contribution in [2.45, 2.75) is 12.5 Å². The lowest BCUT2D eigenvalue weighted by molar-refractivity contribution is 0.177. The van der Waals surface area contributed by atoms with E-state index >= 15 is 0 Å². The van der Waals surface area contributed by atoms with E-state index in [9.17, 15) is 9.50 Å². The van der Waals surface area contributed by atoms with Crippen molar-refractivity contribution >= 4 is 11.6 Å². The van der Waals surface area contributed by atoms with Crippen LogP contribution in [0.25, 0.3) is 0 Å². The van der Waals surface area contributed by atoms with Crippen molar-refractivity contribution in [2.75, 3.05) is 0 Å². The highest BCUT2D eigenvalue weighted by atomic mass is 35.5. The Hall–Kier alpha value is -1.39. The predicted octanol–water partition coefficient (Wildman–Crippen LogP) is 2.49. The molecule has 1 unspecified atom stereocenters. The first-order valence-electron chi connectivity index (χ1n) is 5.17. The fourth-order valence-corrected chi connectivity index (χ4v) is 1.89. The highest BCUT2D eigenvalue weighted by Gasteiger charge is 2.15. The molecule has 3 nitrogen and oxygen atoms in total. The van der Waals surface area contributed by atoms with Crippen LogP contribution >= 0.6 is 11.6 Å². The molecule has 1 N–H and O–H groups in total. The topological polar surface area (TPSA) is 38.0 Å². The van der Waals surface area contributed by atoms with Gasteiger partial charge in [0.1, 0.15) is 5.82 Å². The minimum absolute atomic E-state index is 0.136. The summed E-state index contributed by atoms with van der Waals surface area (Å²) in [7, 11) is 1.76. The van der Waals surface area contributed by atoms with E-state index in [0.29, 0.717) is 16.1 Å². The SMILES string of the molecule is Cn1cc(C(O)Cc2c(F)cccc2Cl)cn1. The number of aliphatic hydroxyl groups excluding tert-OH is 1. The first-order chi connectivity index (χ1) is 8.08. The molecule has 0 amide bonds. The maximum absolute atomic E-state index is 13.5. The Morgan fingerprint density at radius 2 is 2.29 bits per heavy atom.